The van der Waals surface area contributed by atoms with Crippen LogP contribution in [-0.4, -0.2) is 18.1 Å². The van der Waals surface area contributed by atoms with E-state index in [9.17, 15) is 4.79 Å². The van der Waals surface area contributed by atoms with Crippen LogP contribution in [0.2, 0.25) is 0 Å². The first-order valence-corrected chi connectivity index (χ1v) is 6.61. The Labute approximate surface area is 115 Å². The molecule has 1 N–H and O–H groups in total. The minimum atomic E-state index is -0.424. The quantitative estimate of drug-likeness (QED) is 0.486. The number of ether oxygens (including phenoxy) is 1. The second kappa shape index (κ2) is 7.74. The van der Waals surface area contributed by atoms with Crippen molar-refractivity contribution in [1.29, 1.82) is 0 Å². The van der Waals surface area contributed by atoms with Gasteiger partial charge in [-0.1, -0.05) is 36.4 Å². The summed E-state index contributed by atoms with van der Waals surface area (Å²) in [6.45, 7) is 7.27. The van der Waals surface area contributed by atoms with Gasteiger partial charge in [0.2, 0.25) is 0 Å². The second-order valence-electron chi connectivity index (χ2n) is 5.39. The van der Waals surface area contributed by atoms with E-state index in [4.69, 9.17) is 4.74 Å². The molecule has 0 saturated carbocycles. The fourth-order valence-corrected chi connectivity index (χ4v) is 1.53. The number of carbonyl (C=O) groups is 1. The lowest BCUT2D eigenvalue weighted by molar-refractivity contribution is -0.148. The van der Waals surface area contributed by atoms with Crippen molar-refractivity contribution in [2.75, 3.05) is 6.54 Å². The van der Waals surface area contributed by atoms with Gasteiger partial charge in [-0.15, -0.1) is 0 Å². The van der Waals surface area contributed by atoms with Crippen molar-refractivity contribution in [1.82, 2.24) is 5.32 Å². The molecule has 19 heavy (non-hydrogen) atoms. The topological polar surface area (TPSA) is 38.3 Å². The van der Waals surface area contributed by atoms with Gasteiger partial charge in [-0.05, 0) is 39.3 Å². The predicted octanol–water partition coefficient (Wildman–Crippen LogP) is 3.06. The zero-order valence-corrected chi connectivity index (χ0v) is 12.0. The maximum absolute atomic E-state index is 11.4. The van der Waals surface area contributed by atoms with Crippen LogP contribution in [0.4, 0.5) is 0 Å². The Morgan fingerprint density at radius 3 is 2.58 bits per heavy atom. The van der Waals surface area contributed by atoms with E-state index < -0.39 is 5.60 Å². The Morgan fingerprint density at radius 2 is 1.95 bits per heavy atom. The number of esters is 1. The lowest BCUT2D eigenvalue weighted by Gasteiger charge is -2.17. The summed E-state index contributed by atoms with van der Waals surface area (Å²) in [4.78, 5) is 11.4. The summed E-state index contributed by atoms with van der Waals surface area (Å²) in [6.07, 6.45) is 4.15. The van der Waals surface area contributed by atoms with Crippen LogP contribution < -0.4 is 5.32 Å². The molecule has 1 aromatic rings. The van der Waals surface area contributed by atoms with Crippen LogP contribution in [0.25, 0.3) is 0 Å². The van der Waals surface area contributed by atoms with Crippen molar-refractivity contribution in [3.8, 4) is 0 Å². The Bertz CT molecular complexity index is 405. The fraction of sp³-hybridized carbons (Fsp3) is 0.438. The highest BCUT2D eigenvalue weighted by Crippen LogP contribution is 2.07. The van der Waals surface area contributed by atoms with E-state index in [1.165, 1.54) is 11.6 Å². The number of nitrogens with one attached hydrogen (secondary N) is 1. The predicted molar refractivity (Wildman–Crippen MR) is 77.8 cm³/mol. The highest BCUT2D eigenvalue weighted by atomic mass is 16.6. The van der Waals surface area contributed by atoms with Crippen molar-refractivity contribution < 1.29 is 9.53 Å². The first-order valence-electron chi connectivity index (χ1n) is 6.61. The molecule has 0 aliphatic heterocycles. The third-order valence-corrected chi connectivity index (χ3v) is 2.32. The minimum absolute atomic E-state index is 0.282. The van der Waals surface area contributed by atoms with Crippen molar-refractivity contribution >= 4 is 5.97 Å². The first kappa shape index (κ1) is 15.4. The van der Waals surface area contributed by atoms with Gasteiger partial charge in [-0.25, -0.2) is 4.79 Å². The number of carbonyl (C=O) groups excluding carboxylic acids is 1. The molecule has 0 radical (unpaired) electrons. The summed E-state index contributed by atoms with van der Waals surface area (Å²) >= 11 is 0. The van der Waals surface area contributed by atoms with Gasteiger partial charge >= 0.3 is 5.97 Å². The van der Waals surface area contributed by atoms with E-state index in [1.807, 2.05) is 45.0 Å². The van der Waals surface area contributed by atoms with Gasteiger partial charge in [0.15, 0.2) is 0 Å². The number of benzene rings is 1. The summed E-state index contributed by atoms with van der Waals surface area (Å²) in [5.41, 5.74) is 0.839. The molecule has 0 aliphatic carbocycles. The van der Waals surface area contributed by atoms with Gasteiger partial charge in [-0.3, -0.25) is 0 Å². The van der Waals surface area contributed by atoms with Crippen LogP contribution in [0.1, 0.15) is 32.8 Å². The van der Waals surface area contributed by atoms with E-state index in [0.717, 1.165) is 19.5 Å². The molecule has 3 heteroatoms. The number of rotatable bonds is 6. The van der Waals surface area contributed by atoms with Gasteiger partial charge in [0.1, 0.15) is 5.60 Å². The van der Waals surface area contributed by atoms with E-state index in [2.05, 4.69) is 17.4 Å². The molecule has 104 valence electrons. The van der Waals surface area contributed by atoms with E-state index >= 15 is 0 Å². The molecular formula is C16H23NO2. The molecule has 0 amide bonds. The monoisotopic (exact) mass is 261 g/mol. The average molecular weight is 261 g/mol. The summed E-state index contributed by atoms with van der Waals surface area (Å²) in [7, 11) is 0. The van der Waals surface area contributed by atoms with Crippen LogP contribution in [-0.2, 0) is 16.1 Å². The van der Waals surface area contributed by atoms with Gasteiger partial charge in [0, 0.05) is 12.6 Å². The van der Waals surface area contributed by atoms with Crippen LogP contribution in [0.5, 0.6) is 0 Å². The van der Waals surface area contributed by atoms with Gasteiger partial charge < -0.3 is 10.1 Å². The number of hydrogen-bond acceptors (Lipinski definition) is 3. The lowest BCUT2D eigenvalue weighted by Crippen LogP contribution is -2.22. The van der Waals surface area contributed by atoms with Gasteiger partial charge in [0.25, 0.3) is 0 Å². The zero-order chi connectivity index (χ0) is 14.1. The van der Waals surface area contributed by atoms with Crippen LogP contribution in [0, 0.1) is 0 Å². The third-order valence-electron chi connectivity index (χ3n) is 2.32. The highest BCUT2D eigenvalue weighted by molar-refractivity contribution is 5.82. The fourth-order valence-electron chi connectivity index (χ4n) is 1.53. The van der Waals surface area contributed by atoms with Crippen LogP contribution in [0.3, 0.4) is 0 Å². The summed E-state index contributed by atoms with van der Waals surface area (Å²) in [5.74, 6) is -0.282. The molecule has 0 spiro atoms. The first-order chi connectivity index (χ1) is 8.97. The molecule has 0 saturated heterocycles. The summed E-state index contributed by atoms with van der Waals surface area (Å²) in [6, 6.07) is 10.2. The Kier molecular flexibility index (Phi) is 6.30. The zero-order valence-electron chi connectivity index (χ0n) is 12.0. The van der Waals surface area contributed by atoms with Gasteiger partial charge in [-0.2, -0.15) is 0 Å². The van der Waals surface area contributed by atoms with Crippen molar-refractivity contribution in [2.24, 2.45) is 0 Å². The normalized spacial score (nSPS) is 11.7. The lowest BCUT2D eigenvalue weighted by atomic mass is 10.2. The van der Waals surface area contributed by atoms with E-state index in [0.29, 0.717) is 0 Å². The molecule has 0 aliphatic rings. The summed E-state index contributed by atoms with van der Waals surface area (Å²) < 4.78 is 5.17. The molecule has 0 heterocycles. The molecule has 3 nitrogen and oxygen atoms in total. The van der Waals surface area contributed by atoms with Gasteiger partial charge in [0.05, 0.1) is 0 Å². The maximum atomic E-state index is 11.4. The highest BCUT2D eigenvalue weighted by Gasteiger charge is 2.13. The molecule has 0 fully saturated rings. The van der Waals surface area contributed by atoms with E-state index in [1.54, 1.807) is 0 Å². The largest absolute Gasteiger partial charge is 0.457 e. The van der Waals surface area contributed by atoms with Crippen molar-refractivity contribution in [3.63, 3.8) is 0 Å². The molecule has 0 unspecified atom stereocenters. The Balaban J connectivity index is 2.12. The Morgan fingerprint density at radius 1 is 1.26 bits per heavy atom. The molecule has 1 rings (SSSR count). The molecular weight excluding hydrogens is 238 g/mol. The number of hydrogen-bond donors (Lipinski definition) is 1. The standard InChI is InChI=1S/C16H23NO2/c1-16(2,3)19-15(18)11-7-8-12-17-13-14-9-5-4-6-10-14/h4-7,9-11,17H,8,12-13H2,1-3H3/b11-7+. The molecule has 0 atom stereocenters. The average Bonchev–Trinajstić information content (AvgIpc) is 2.32. The molecule has 0 aromatic heterocycles. The van der Waals surface area contributed by atoms with Crippen LogP contribution in [0.15, 0.2) is 42.5 Å². The van der Waals surface area contributed by atoms with Crippen molar-refractivity contribution in [2.45, 2.75) is 39.3 Å². The van der Waals surface area contributed by atoms with Crippen LogP contribution >= 0.6 is 0 Å². The smallest absolute Gasteiger partial charge is 0.330 e. The Hall–Kier alpha value is -1.61. The maximum Gasteiger partial charge on any atom is 0.330 e. The minimum Gasteiger partial charge on any atom is -0.457 e. The van der Waals surface area contributed by atoms with E-state index in [-0.39, 0.29) is 5.97 Å². The van der Waals surface area contributed by atoms with Crippen molar-refractivity contribution in [3.05, 3.63) is 48.0 Å². The third kappa shape index (κ3) is 8.16. The molecule has 1 aromatic carbocycles. The molecule has 0 bridgehead atoms. The SMILES string of the molecule is CC(C)(C)OC(=O)/C=C/CCNCc1ccccc1. The summed E-state index contributed by atoms with van der Waals surface area (Å²) in [5, 5.41) is 3.32. The second-order valence-corrected chi connectivity index (χ2v) is 5.39.